The monoisotopic (exact) mass is 194 g/mol. The van der Waals surface area contributed by atoms with Gasteiger partial charge in [0, 0.05) is 13.7 Å². The number of hydrogen-bond acceptors (Lipinski definition) is 2. The molecule has 0 bridgehead atoms. The van der Waals surface area contributed by atoms with Crippen molar-refractivity contribution in [3.8, 4) is 5.75 Å². The molecule has 78 valence electrons. The van der Waals surface area contributed by atoms with Gasteiger partial charge in [-0.1, -0.05) is 25.1 Å². The van der Waals surface area contributed by atoms with Crippen molar-refractivity contribution in [2.75, 3.05) is 20.8 Å². The summed E-state index contributed by atoms with van der Waals surface area (Å²) in [6, 6.07) is 8.14. The lowest BCUT2D eigenvalue weighted by Gasteiger charge is -2.14. The van der Waals surface area contributed by atoms with E-state index in [9.17, 15) is 0 Å². The van der Waals surface area contributed by atoms with Crippen LogP contribution in [0.3, 0.4) is 0 Å². The van der Waals surface area contributed by atoms with E-state index in [4.69, 9.17) is 9.47 Å². The van der Waals surface area contributed by atoms with E-state index in [2.05, 4.69) is 13.0 Å². The van der Waals surface area contributed by atoms with Gasteiger partial charge < -0.3 is 9.47 Å². The highest BCUT2D eigenvalue weighted by Crippen LogP contribution is 2.27. The summed E-state index contributed by atoms with van der Waals surface area (Å²) in [5.74, 6) is 1.45. The van der Waals surface area contributed by atoms with Gasteiger partial charge in [-0.3, -0.25) is 0 Å². The van der Waals surface area contributed by atoms with Crippen LogP contribution in [-0.2, 0) is 4.74 Å². The molecule has 0 saturated carbocycles. The average Bonchev–Trinajstić information content (AvgIpc) is 2.25. The van der Waals surface area contributed by atoms with Crippen LogP contribution in [0.1, 0.15) is 24.8 Å². The Morgan fingerprint density at radius 2 is 1.93 bits per heavy atom. The zero-order chi connectivity index (χ0) is 10.4. The summed E-state index contributed by atoms with van der Waals surface area (Å²) in [5, 5.41) is 0. The van der Waals surface area contributed by atoms with Crippen molar-refractivity contribution in [3.63, 3.8) is 0 Å². The second kappa shape index (κ2) is 5.66. The third-order valence-corrected chi connectivity index (χ3v) is 2.42. The van der Waals surface area contributed by atoms with E-state index in [1.54, 1.807) is 14.2 Å². The molecule has 1 aromatic carbocycles. The molecular formula is C12H18O2. The third kappa shape index (κ3) is 2.74. The number of para-hydroxylation sites is 1. The summed E-state index contributed by atoms with van der Waals surface area (Å²) >= 11 is 0. The predicted molar refractivity (Wildman–Crippen MR) is 57.9 cm³/mol. The van der Waals surface area contributed by atoms with Crippen LogP contribution in [0.4, 0.5) is 0 Å². The summed E-state index contributed by atoms with van der Waals surface area (Å²) in [5.41, 5.74) is 1.26. The SMILES string of the molecule is COCCC(C)c1ccccc1OC. The van der Waals surface area contributed by atoms with Gasteiger partial charge >= 0.3 is 0 Å². The molecule has 0 saturated heterocycles. The van der Waals surface area contributed by atoms with E-state index >= 15 is 0 Å². The van der Waals surface area contributed by atoms with Crippen molar-refractivity contribution in [2.45, 2.75) is 19.3 Å². The maximum atomic E-state index is 5.31. The van der Waals surface area contributed by atoms with Crippen LogP contribution in [-0.4, -0.2) is 20.8 Å². The van der Waals surface area contributed by atoms with Crippen molar-refractivity contribution in [2.24, 2.45) is 0 Å². The first-order valence-corrected chi connectivity index (χ1v) is 4.91. The van der Waals surface area contributed by atoms with E-state index < -0.39 is 0 Å². The minimum Gasteiger partial charge on any atom is -0.496 e. The van der Waals surface area contributed by atoms with Crippen molar-refractivity contribution < 1.29 is 9.47 Å². The molecule has 0 aliphatic carbocycles. The van der Waals surface area contributed by atoms with Crippen molar-refractivity contribution >= 4 is 0 Å². The zero-order valence-corrected chi connectivity index (χ0v) is 9.12. The van der Waals surface area contributed by atoms with Crippen LogP contribution >= 0.6 is 0 Å². The van der Waals surface area contributed by atoms with Crippen molar-refractivity contribution in [3.05, 3.63) is 29.8 Å². The predicted octanol–water partition coefficient (Wildman–Crippen LogP) is 2.84. The second-order valence-corrected chi connectivity index (χ2v) is 3.42. The fourth-order valence-electron chi connectivity index (χ4n) is 1.52. The quantitative estimate of drug-likeness (QED) is 0.717. The minimum absolute atomic E-state index is 0.478. The van der Waals surface area contributed by atoms with Gasteiger partial charge in [0.2, 0.25) is 0 Å². The van der Waals surface area contributed by atoms with Crippen LogP contribution in [0.2, 0.25) is 0 Å². The minimum atomic E-state index is 0.478. The molecule has 14 heavy (non-hydrogen) atoms. The summed E-state index contributed by atoms with van der Waals surface area (Å²) < 4.78 is 10.4. The molecule has 1 rings (SSSR count). The molecule has 0 aliphatic rings. The summed E-state index contributed by atoms with van der Waals surface area (Å²) in [6.07, 6.45) is 1.02. The molecule has 0 radical (unpaired) electrons. The maximum Gasteiger partial charge on any atom is 0.122 e. The van der Waals surface area contributed by atoms with Gasteiger partial charge in [0.05, 0.1) is 7.11 Å². The molecule has 2 nitrogen and oxygen atoms in total. The average molecular weight is 194 g/mol. The van der Waals surface area contributed by atoms with Crippen LogP contribution in [0.5, 0.6) is 5.75 Å². The van der Waals surface area contributed by atoms with Crippen LogP contribution in [0.15, 0.2) is 24.3 Å². The maximum absolute atomic E-state index is 5.31. The van der Waals surface area contributed by atoms with E-state index in [0.717, 1.165) is 18.8 Å². The number of ether oxygens (including phenoxy) is 2. The molecule has 0 fully saturated rings. The highest BCUT2D eigenvalue weighted by Gasteiger charge is 2.09. The molecule has 0 heterocycles. The molecule has 0 aliphatic heterocycles. The normalized spacial score (nSPS) is 12.5. The van der Waals surface area contributed by atoms with Crippen molar-refractivity contribution in [1.29, 1.82) is 0 Å². The standard InChI is InChI=1S/C12H18O2/c1-10(8-9-13-2)11-6-4-5-7-12(11)14-3/h4-7,10H,8-9H2,1-3H3. The topological polar surface area (TPSA) is 18.5 Å². The zero-order valence-electron chi connectivity index (χ0n) is 9.12. The van der Waals surface area contributed by atoms with Crippen LogP contribution in [0.25, 0.3) is 0 Å². The third-order valence-electron chi connectivity index (χ3n) is 2.42. The number of methoxy groups -OCH3 is 2. The molecule has 1 atom stereocenters. The lowest BCUT2D eigenvalue weighted by atomic mass is 9.97. The Bertz CT molecular complexity index is 271. The lowest BCUT2D eigenvalue weighted by molar-refractivity contribution is 0.189. The number of hydrogen-bond donors (Lipinski definition) is 0. The molecule has 0 amide bonds. The van der Waals surface area contributed by atoms with Gasteiger partial charge in [-0.05, 0) is 24.0 Å². The van der Waals surface area contributed by atoms with E-state index in [0.29, 0.717) is 5.92 Å². The van der Waals surface area contributed by atoms with Crippen molar-refractivity contribution in [1.82, 2.24) is 0 Å². The molecule has 1 aromatic rings. The first-order valence-electron chi connectivity index (χ1n) is 4.91. The summed E-state index contributed by atoms with van der Waals surface area (Å²) in [7, 11) is 3.44. The fourth-order valence-corrected chi connectivity index (χ4v) is 1.52. The van der Waals surface area contributed by atoms with E-state index in [1.807, 2.05) is 18.2 Å². The molecule has 0 spiro atoms. The van der Waals surface area contributed by atoms with Crippen LogP contribution < -0.4 is 4.74 Å². The van der Waals surface area contributed by atoms with Gasteiger partial charge in [-0.15, -0.1) is 0 Å². The Morgan fingerprint density at radius 3 is 2.57 bits per heavy atom. The summed E-state index contributed by atoms with van der Waals surface area (Å²) in [6.45, 7) is 2.98. The van der Waals surface area contributed by atoms with Gasteiger partial charge in [0.15, 0.2) is 0 Å². The first kappa shape index (κ1) is 11.1. The smallest absolute Gasteiger partial charge is 0.122 e. The highest BCUT2D eigenvalue weighted by atomic mass is 16.5. The van der Waals surface area contributed by atoms with Gasteiger partial charge in [-0.25, -0.2) is 0 Å². The largest absolute Gasteiger partial charge is 0.496 e. The van der Waals surface area contributed by atoms with E-state index in [1.165, 1.54) is 5.56 Å². The fraction of sp³-hybridized carbons (Fsp3) is 0.500. The van der Waals surface area contributed by atoms with E-state index in [-0.39, 0.29) is 0 Å². The Hall–Kier alpha value is -1.02. The number of rotatable bonds is 5. The molecule has 2 heteroatoms. The lowest BCUT2D eigenvalue weighted by Crippen LogP contribution is -2.01. The summed E-state index contributed by atoms with van der Waals surface area (Å²) in [4.78, 5) is 0. The second-order valence-electron chi connectivity index (χ2n) is 3.42. The molecular weight excluding hydrogens is 176 g/mol. The van der Waals surface area contributed by atoms with Gasteiger partial charge in [0.1, 0.15) is 5.75 Å². The Kier molecular flexibility index (Phi) is 4.47. The first-order chi connectivity index (χ1) is 6.79. The number of benzene rings is 1. The Labute approximate surface area is 85.8 Å². The highest BCUT2D eigenvalue weighted by molar-refractivity contribution is 5.35. The van der Waals surface area contributed by atoms with Gasteiger partial charge in [-0.2, -0.15) is 0 Å². The molecule has 0 N–H and O–H groups in total. The Morgan fingerprint density at radius 1 is 1.21 bits per heavy atom. The molecule has 1 unspecified atom stereocenters. The molecule has 0 aromatic heterocycles. The van der Waals surface area contributed by atoms with Gasteiger partial charge in [0.25, 0.3) is 0 Å². The Balaban J connectivity index is 2.72. The van der Waals surface area contributed by atoms with Crippen LogP contribution in [0, 0.1) is 0 Å².